The number of pyridine rings is 1. The molecule has 0 spiro atoms. The lowest BCUT2D eigenvalue weighted by atomic mass is 10.1. The molecule has 0 unspecified atom stereocenters. The Hall–Kier alpha value is -3.05. The van der Waals surface area contributed by atoms with Crippen LogP contribution < -0.4 is 15.4 Å². The van der Waals surface area contributed by atoms with E-state index in [-0.39, 0.29) is 5.91 Å². The second-order valence-corrected chi connectivity index (χ2v) is 6.64. The first-order valence-corrected chi connectivity index (χ1v) is 9.38. The van der Waals surface area contributed by atoms with E-state index in [9.17, 15) is 4.79 Å². The number of carbonyl (C=O) groups excluding carboxylic acids is 1. The van der Waals surface area contributed by atoms with Crippen molar-refractivity contribution in [3.05, 3.63) is 88.7 Å². The van der Waals surface area contributed by atoms with Gasteiger partial charge in [0.05, 0.1) is 19.0 Å². The highest BCUT2D eigenvalue weighted by atomic mass is 35.5. The summed E-state index contributed by atoms with van der Waals surface area (Å²) in [7, 11) is 1.66. The Morgan fingerprint density at radius 3 is 2.54 bits per heavy atom. The maximum absolute atomic E-state index is 12.2. The first kappa shape index (κ1) is 19.7. The Morgan fingerprint density at radius 1 is 1.07 bits per heavy atom. The van der Waals surface area contributed by atoms with Gasteiger partial charge in [-0.25, -0.2) is 4.98 Å². The summed E-state index contributed by atoms with van der Waals surface area (Å²) < 4.78 is 5.16. The van der Waals surface area contributed by atoms with Gasteiger partial charge in [-0.05, 0) is 47.9 Å². The third-order valence-corrected chi connectivity index (χ3v) is 4.66. The molecule has 0 fully saturated rings. The van der Waals surface area contributed by atoms with Crippen LogP contribution in [0.3, 0.4) is 0 Å². The quantitative estimate of drug-likeness (QED) is 0.596. The SMILES string of the molecule is COc1ccc(CCNc2ccc(C(=O)NCc3ccccc3Cl)nc2)cc1. The number of aromatic nitrogens is 1. The fraction of sp³-hybridized carbons (Fsp3) is 0.182. The van der Waals surface area contributed by atoms with E-state index in [1.54, 1.807) is 25.4 Å². The van der Waals surface area contributed by atoms with Crippen molar-refractivity contribution in [2.45, 2.75) is 13.0 Å². The third kappa shape index (κ3) is 5.47. The number of anilines is 1. The topological polar surface area (TPSA) is 63.2 Å². The highest BCUT2D eigenvalue weighted by Crippen LogP contribution is 2.15. The first-order valence-electron chi connectivity index (χ1n) is 9.00. The van der Waals surface area contributed by atoms with Crippen LogP contribution >= 0.6 is 11.6 Å². The van der Waals surface area contributed by atoms with E-state index >= 15 is 0 Å². The summed E-state index contributed by atoms with van der Waals surface area (Å²) in [6.45, 7) is 1.13. The van der Waals surface area contributed by atoms with Crippen molar-refractivity contribution in [1.29, 1.82) is 0 Å². The number of hydrogen-bond donors (Lipinski definition) is 2. The van der Waals surface area contributed by atoms with Crippen LogP contribution in [-0.4, -0.2) is 24.5 Å². The smallest absolute Gasteiger partial charge is 0.270 e. The molecule has 6 heteroatoms. The number of ether oxygens (including phenoxy) is 1. The number of carbonyl (C=O) groups is 1. The van der Waals surface area contributed by atoms with E-state index in [1.165, 1.54) is 5.56 Å². The van der Waals surface area contributed by atoms with E-state index < -0.39 is 0 Å². The van der Waals surface area contributed by atoms with Gasteiger partial charge < -0.3 is 15.4 Å². The van der Waals surface area contributed by atoms with Gasteiger partial charge in [0.1, 0.15) is 11.4 Å². The molecule has 0 aliphatic heterocycles. The molecule has 0 radical (unpaired) electrons. The summed E-state index contributed by atoms with van der Waals surface area (Å²) in [4.78, 5) is 16.5. The summed E-state index contributed by atoms with van der Waals surface area (Å²) >= 11 is 6.10. The molecular formula is C22H22ClN3O2. The number of amides is 1. The zero-order chi connectivity index (χ0) is 19.8. The highest BCUT2D eigenvalue weighted by molar-refractivity contribution is 6.31. The molecule has 1 heterocycles. The minimum Gasteiger partial charge on any atom is -0.497 e. The number of nitrogens with zero attached hydrogens (tertiary/aromatic N) is 1. The fourth-order valence-corrected chi connectivity index (χ4v) is 2.89. The average molecular weight is 396 g/mol. The molecule has 0 aliphatic rings. The van der Waals surface area contributed by atoms with Crippen LogP contribution in [0.2, 0.25) is 5.02 Å². The molecule has 3 aromatic rings. The van der Waals surface area contributed by atoms with Crippen LogP contribution in [0.25, 0.3) is 0 Å². The lowest BCUT2D eigenvalue weighted by Crippen LogP contribution is -2.23. The van der Waals surface area contributed by atoms with Crippen LogP contribution in [0.4, 0.5) is 5.69 Å². The zero-order valence-corrected chi connectivity index (χ0v) is 16.4. The van der Waals surface area contributed by atoms with E-state index in [1.807, 2.05) is 48.5 Å². The van der Waals surface area contributed by atoms with Crippen molar-refractivity contribution < 1.29 is 9.53 Å². The van der Waals surface area contributed by atoms with Crippen molar-refractivity contribution in [2.24, 2.45) is 0 Å². The molecule has 1 amide bonds. The molecular weight excluding hydrogens is 374 g/mol. The number of benzene rings is 2. The minimum atomic E-state index is -0.232. The summed E-state index contributed by atoms with van der Waals surface area (Å²) in [5.74, 6) is 0.619. The number of methoxy groups -OCH3 is 1. The molecule has 0 aliphatic carbocycles. The van der Waals surface area contributed by atoms with Gasteiger partial charge in [-0.2, -0.15) is 0 Å². The van der Waals surface area contributed by atoms with E-state index in [4.69, 9.17) is 16.3 Å². The van der Waals surface area contributed by atoms with Crippen LogP contribution in [0.1, 0.15) is 21.6 Å². The van der Waals surface area contributed by atoms with Crippen molar-refractivity contribution in [3.8, 4) is 5.75 Å². The van der Waals surface area contributed by atoms with Gasteiger partial charge in [0.15, 0.2) is 0 Å². The summed E-state index contributed by atoms with van der Waals surface area (Å²) in [6.07, 6.45) is 2.54. The monoisotopic (exact) mass is 395 g/mol. The predicted octanol–water partition coefficient (Wildman–Crippen LogP) is 4.33. The van der Waals surface area contributed by atoms with Gasteiger partial charge in [0.2, 0.25) is 0 Å². The van der Waals surface area contributed by atoms with Gasteiger partial charge in [-0.15, -0.1) is 0 Å². The van der Waals surface area contributed by atoms with E-state index in [2.05, 4.69) is 15.6 Å². The Balaban J connectivity index is 1.47. The second-order valence-electron chi connectivity index (χ2n) is 6.23. The van der Waals surface area contributed by atoms with Crippen molar-refractivity contribution >= 4 is 23.2 Å². The molecule has 0 atom stereocenters. The molecule has 1 aromatic heterocycles. The molecule has 0 saturated heterocycles. The Morgan fingerprint density at radius 2 is 1.86 bits per heavy atom. The molecule has 144 valence electrons. The summed E-state index contributed by atoms with van der Waals surface area (Å²) in [6, 6.07) is 19.0. The standard InChI is InChI=1S/C22H22ClN3O2/c1-28-19-9-6-16(7-10-19)12-13-24-18-8-11-21(25-15-18)22(27)26-14-17-4-2-3-5-20(17)23/h2-11,15,24H,12-14H2,1H3,(H,26,27). The van der Waals surface area contributed by atoms with Gasteiger partial charge >= 0.3 is 0 Å². The largest absolute Gasteiger partial charge is 0.497 e. The van der Waals surface area contributed by atoms with Gasteiger partial charge in [-0.1, -0.05) is 41.9 Å². The average Bonchev–Trinajstić information content (AvgIpc) is 2.74. The Bertz CT molecular complexity index is 912. The Kier molecular flexibility index (Phi) is 6.87. The van der Waals surface area contributed by atoms with Gasteiger partial charge in [0.25, 0.3) is 5.91 Å². The first-order chi connectivity index (χ1) is 13.7. The maximum Gasteiger partial charge on any atom is 0.270 e. The minimum absolute atomic E-state index is 0.232. The summed E-state index contributed by atoms with van der Waals surface area (Å²) in [5.41, 5.74) is 3.33. The van der Waals surface area contributed by atoms with Gasteiger partial charge in [-0.3, -0.25) is 4.79 Å². The maximum atomic E-state index is 12.2. The fourth-order valence-electron chi connectivity index (χ4n) is 2.68. The van der Waals surface area contributed by atoms with Crippen LogP contribution in [-0.2, 0) is 13.0 Å². The van der Waals surface area contributed by atoms with Crippen LogP contribution in [0.5, 0.6) is 5.75 Å². The predicted molar refractivity (Wildman–Crippen MR) is 112 cm³/mol. The third-order valence-electron chi connectivity index (χ3n) is 4.30. The van der Waals surface area contributed by atoms with Crippen LogP contribution in [0, 0.1) is 0 Å². The number of rotatable bonds is 8. The second kappa shape index (κ2) is 9.76. The van der Waals surface area contributed by atoms with E-state index in [0.717, 1.165) is 30.0 Å². The number of nitrogens with one attached hydrogen (secondary N) is 2. The Labute approximate surface area is 169 Å². The zero-order valence-electron chi connectivity index (χ0n) is 15.6. The van der Waals surface area contributed by atoms with Gasteiger partial charge in [0, 0.05) is 18.1 Å². The highest BCUT2D eigenvalue weighted by Gasteiger charge is 2.08. The number of halogens is 1. The lowest BCUT2D eigenvalue weighted by molar-refractivity contribution is 0.0946. The van der Waals surface area contributed by atoms with Crippen molar-refractivity contribution in [1.82, 2.24) is 10.3 Å². The molecule has 2 N–H and O–H groups in total. The van der Waals surface area contributed by atoms with E-state index in [0.29, 0.717) is 17.3 Å². The molecule has 3 rings (SSSR count). The lowest BCUT2D eigenvalue weighted by Gasteiger charge is -2.09. The molecule has 28 heavy (non-hydrogen) atoms. The summed E-state index contributed by atoms with van der Waals surface area (Å²) in [5, 5.41) is 6.77. The van der Waals surface area contributed by atoms with Crippen molar-refractivity contribution in [2.75, 3.05) is 19.0 Å². The normalized spacial score (nSPS) is 10.4. The molecule has 0 bridgehead atoms. The molecule has 5 nitrogen and oxygen atoms in total. The number of hydrogen-bond acceptors (Lipinski definition) is 4. The van der Waals surface area contributed by atoms with Crippen molar-refractivity contribution in [3.63, 3.8) is 0 Å². The van der Waals surface area contributed by atoms with Crippen LogP contribution in [0.15, 0.2) is 66.9 Å². The molecule has 0 saturated carbocycles. The molecule has 2 aromatic carbocycles.